The molecule has 3 amide bonds. The van der Waals surface area contributed by atoms with Crippen molar-refractivity contribution in [1.82, 2.24) is 15.5 Å². The zero-order valence-electron chi connectivity index (χ0n) is 25.1. The van der Waals surface area contributed by atoms with E-state index in [1.807, 2.05) is 41.5 Å². The SMILES string of the molecule is C#Cc1ccc(C(C(=O)NC(C)CCC)N(C(=O)C(NC(=O)OC(C)(C)C)C(C)CC)C(C)(C)CC)cc1. The van der Waals surface area contributed by atoms with Crippen LogP contribution >= 0.6 is 0 Å². The van der Waals surface area contributed by atoms with Crippen molar-refractivity contribution in [3.63, 3.8) is 0 Å². The highest BCUT2D eigenvalue weighted by atomic mass is 16.6. The number of nitrogens with zero attached hydrogens (tertiary/aromatic N) is 1. The Morgan fingerprint density at radius 1 is 1.00 bits per heavy atom. The van der Waals surface area contributed by atoms with E-state index in [1.54, 1.807) is 49.9 Å². The van der Waals surface area contributed by atoms with Gasteiger partial charge in [-0.3, -0.25) is 9.59 Å². The van der Waals surface area contributed by atoms with Gasteiger partial charge in [-0.15, -0.1) is 6.42 Å². The second kappa shape index (κ2) is 14.2. The summed E-state index contributed by atoms with van der Waals surface area (Å²) in [6.07, 6.45) is 7.87. The minimum Gasteiger partial charge on any atom is -0.444 e. The maximum Gasteiger partial charge on any atom is 0.408 e. The maximum absolute atomic E-state index is 14.4. The van der Waals surface area contributed by atoms with Crippen molar-refractivity contribution in [2.45, 2.75) is 124 Å². The van der Waals surface area contributed by atoms with E-state index >= 15 is 0 Å². The summed E-state index contributed by atoms with van der Waals surface area (Å²) in [6, 6.07) is 5.29. The smallest absolute Gasteiger partial charge is 0.408 e. The number of carbonyl (C=O) groups excluding carboxylic acids is 3. The molecule has 1 aromatic rings. The summed E-state index contributed by atoms with van der Waals surface area (Å²) in [6.45, 7) is 19.1. The van der Waals surface area contributed by atoms with Crippen molar-refractivity contribution in [2.75, 3.05) is 0 Å². The molecule has 4 unspecified atom stereocenters. The Morgan fingerprint density at radius 2 is 1.58 bits per heavy atom. The number of ether oxygens (including phenoxy) is 1. The molecule has 0 saturated heterocycles. The van der Waals surface area contributed by atoms with Gasteiger partial charge in [0.15, 0.2) is 0 Å². The first-order chi connectivity index (χ1) is 17.6. The fraction of sp³-hybridized carbons (Fsp3) is 0.645. The molecule has 0 radical (unpaired) electrons. The first-order valence-electron chi connectivity index (χ1n) is 13.8. The molecule has 0 bridgehead atoms. The zero-order valence-corrected chi connectivity index (χ0v) is 25.1. The van der Waals surface area contributed by atoms with Crippen LogP contribution in [0, 0.1) is 18.3 Å². The molecule has 0 heterocycles. The summed E-state index contributed by atoms with van der Waals surface area (Å²) in [5.41, 5.74) is -0.0881. The second-order valence-electron chi connectivity index (χ2n) is 11.8. The van der Waals surface area contributed by atoms with Crippen LogP contribution in [-0.2, 0) is 14.3 Å². The largest absolute Gasteiger partial charge is 0.444 e. The molecule has 0 saturated carbocycles. The number of nitrogens with one attached hydrogen (secondary N) is 2. The van der Waals surface area contributed by atoms with Crippen molar-refractivity contribution >= 4 is 17.9 Å². The van der Waals surface area contributed by atoms with Gasteiger partial charge in [0.25, 0.3) is 0 Å². The molecule has 1 rings (SSSR count). The average molecular weight is 528 g/mol. The standard InChI is InChI=1S/C31H49N3O4/c1-12-16-22(6)32-27(35)26(24-19-17-23(14-3)18-20-24)34(31(10,11)15-4)28(36)25(21(5)13-2)33-29(37)38-30(7,8)9/h3,17-22,25-26H,12-13,15-16H2,1-2,4-11H3,(H,32,35)(H,33,37). The van der Waals surface area contributed by atoms with E-state index in [2.05, 4.69) is 23.5 Å². The van der Waals surface area contributed by atoms with Gasteiger partial charge in [0, 0.05) is 17.1 Å². The van der Waals surface area contributed by atoms with Crippen molar-refractivity contribution in [2.24, 2.45) is 5.92 Å². The average Bonchev–Trinajstić information content (AvgIpc) is 2.83. The van der Waals surface area contributed by atoms with E-state index < -0.39 is 29.3 Å². The predicted molar refractivity (Wildman–Crippen MR) is 153 cm³/mol. The lowest BCUT2D eigenvalue weighted by Gasteiger charge is -2.45. The Bertz CT molecular complexity index is 972. The topological polar surface area (TPSA) is 87.7 Å². The van der Waals surface area contributed by atoms with Gasteiger partial charge < -0.3 is 20.3 Å². The van der Waals surface area contributed by atoms with Crippen LogP contribution < -0.4 is 10.6 Å². The molecule has 0 fully saturated rings. The quantitative estimate of drug-likeness (QED) is 0.328. The highest BCUT2D eigenvalue weighted by molar-refractivity contribution is 5.93. The summed E-state index contributed by atoms with van der Waals surface area (Å²) in [5.74, 6) is 1.80. The van der Waals surface area contributed by atoms with Gasteiger partial charge in [0.1, 0.15) is 17.7 Å². The monoisotopic (exact) mass is 527 g/mol. The third kappa shape index (κ3) is 9.38. The Morgan fingerprint density at radius 3 is 2.03 bits per heavy atom. The molecule has 0 aliphatic heterocycles. The summed E-state index contributed by atoms with van der Waals surface area (Å²) >= 11 is 0. The number of terminal acetylenes is 1. The molecule has 4 atom stereocenters. The molecular formula is C31H49N3O4. The maximum atomic E-state index is 14.4. The molecule has 0 aliphatic carbocycles. The molecule has 7 heteroatoms. The zero-order chi connectivity index (χ0) is 29.3. The lowest BCUT2D eigenvalue weighted by atomic mass is 9.89. The third-order valence-electron chi connectivity index (χ3n) is 6.92. The van der Waals surface area contributed by atoms with Gasteiger partial charge in [-0.05, 0) is 78.0 Å². The van der Waals surface area contributed by atoms with Crippen LogP contribution in [-0.4, -0.2) is 46.0 Å². The van der Waals surface area contributed by atoms with E-state index in [-0.39, 0.29) is 23.8 Å². The fourth-order valence-corrected chi connectivity index (χ4v) is 4.22. The van der Waals surface area contributed by atoms with Crippen molar-refractivity contribution in [3.8, 4) is 12.3 Å². The summed E-state index contributed by atoms with van der Waals surface area (Å²) in [7, 11) is 0. The molecule has 38 heavy (non-hydrogen) atoms. The number of amides is 3. The van der Waals surface area contributed by atoms with E-state index in [4.69, 9.17) is 11.2 Å². The number of rotatable bonds is 12. The van der Waals surface area contributed by atoms with E-state index in [0.29, 0.717) is 24.0 Å². The van der Waals surface area contributed by atoms with Crippen LogP contribution in [0.4, 0.5) is 4.79 Å². The number of benzene rings is 1. The second-order valence-corrected chi connectivity index (χ2v) is 11.8. The van der Waals surface area contributed by atoms with Gasteiger partial charge in [0.2, 0.25) is 11.8 Å². The predicted octanol–water partition coefficient (Wildman–Crippen LogP) is 5.97. The van der Waals surface area contributed by atoms with Crippen LogP contribution in [0.25, 0.3) is 0 Å². The van der Waals surface area contributed by atoms with Crippen molar-refractivity contribution < 1.29 is 19.1 Å². The summed E-state index contributed by atoms with van der Waals surface area (Å²) in [5, 5.41) is 5.92. The lowest BCUT2D eigenvalue weighted by Crippen LogP contribution is -2.61. The number of alkyl carbamates (subject to hydrolysis) is 1. The van der Waals surface area contributed by atoms with Gasteiger partial charge in [0.05, 0.1) is 0 Å². The number of hydrogen-bond donors (Lipinski definition) is 2. The number of hydrogen-bond acceptors (Lipinski definition) is 4. The van der Waals surface area contributed by atoms with Crippen LogP contribution in [0.2, 0.25) is 0 Å². The Hall–Kier alpha value is -3.01. The molecule has 212 valence electrons. The molecule has 0 aliphatic rings. The summed E-state index contributed by atoms with van der Waals surface area (Å²) < 4.78 is 5.48. The van der Waals surface area contributed by atoms with Crippen LogP contribution in [0.5, 0.6) is 0 Å². The van der Waals surface area contributed by atoms with E-state index in [1.165, 1.54) is 0 Å². The highest BCUT2D eigenvalue weighted by Gasteiger charge is 2.44. The van der Waals surface area contributed by atoms with E-state index in [9.17, 15) is 14.4 Å². The summed E-state index contributed by atoms with van der Waals surface area (Å²) in [4.78, 5) is 42.8. The van der Waals surface area contributed by atoms with Crippen LogP contribution in [0.15, 0.2) is 24.3 Å². The molecular weight excluding hydrogens is 478 g/mol. The number of carbonyl (C=O) groups is 3. The fourth-order valence-electron chi connectivity index (χ4n) is 4.22. The molecule has 1 aromatic carbocycles. The van der Waals surface area contributed by atoms with Gasteiger partial charge in [-0.2, -0.15) is 0 Å². The molecule has 0 spiro atoms. The Balaban J connectivity index is 3.70. The minimum absolute atomic E-state index is 0.0630. The van der Waals surface area contributed by atoms with Gasteiger partial charge in [-0.1, -0.05) is 58.6 Å². The van der Waals surface area contributed by atoms with Crippen molar-refractivity contribution in [1.29, 1.82) is 0 Å². The third-order valence-corrected chi connectivity index (χ3v) is 6.92. The Labute approximate surface area is 230 Å². The van der Waals surface area contributed by atoms with Crippen LogP contribution in [0.3, 0.4) is 0 Å². The highest BCUT2D eigenvalue weighted by Crippen LogP contribution is 2.33. The Kier molecular flexibility index (Phi) is 12.4. The first-order valence-corrected chi connectivity index (χ1v) is 13.8. The molecule has 2 N–H and O–H groups in total. The lowest BCUT2D eigenvalue weighted by molar-refractivity contribution is -0.150. The van der Waals surface area contributed by atoms with Crippen molar-refractivity contribution in [3.05, 3.63) is 35.4 Å². The first kappa shape index (κ1) is 33.0. The molecule has 0 aromatic heterocycles. The normalized spacial score (nSPS) is 14.9. The molecule has 7 nitrogen and oxygen atoms in total. The van der Waals surface area contributed by atoms with Gasteiger partial charge in [-0.25, -0.2) is 4.79 Å². The minimum atomic E-state index is -0.921. The van der Waals surface area contributed by atoms with Gasteiger partial charge >= 0.3 is 6.09 Å². The van der Waals surface area contributed by atoms with E-state index in [0.717, 1.165) is 12.8 Å². The van der Waals surface area contributed by atoms with Crippen LogP contribution in [0.1, 0.15) is 112 Å².